The van der Waals surface area contributed by atoms with Gasteiger partial charge in [0.2, 0.25) is 0 Å². The van der Waals surface area contributed by atoms with Crippen LogP contribution in [0.3, 0.4) is 0 Å². The number of aryl methyl sites for hydroxylation is 1. The van der Waals surface area contributed by atoms with Gasteiger partial charge in [-0.3, -0.25) is 0 Å². The van der Waals surface area contributed by atoms with Gasteiger partial charge >= 0.3 is 0 Å². The third-order valence-corrected chi connectivity index (χ3v) is 9.04. The summed E-state index contributed by atoms with van der Waals surface area (Å²) in [6.07, 6.45) is 3.81. The fourth-order valence-corrected chi connectivity index (χ4v) is 3.68. The van der Waals surface area contributed by atoms with Crippen molar-refractivity contribution < 1.29 is 4.43 Å². The van der Waals surface area contributed by atoms with Crippen molar-refractivity contribution in [3.8, 4) is 0 Å². The zero-order chi connectivity index (χ0) is 13.4. The van der Waals surface area contributed by atoms with E-state index in [0.29, 0.717) is 11.1 Å². The smallest absolute Gasteiger partial charge is 0.192 e. The molecule has 2 rings (SSSR count). The van der Waals surface area contributed by atoms with Crippen LogP contribution in [0, 0.1) is 6.07 Å². The maximum absolute atomic E-state index is 6.53. The molecule has 0 saturated carbocycles. The van der Waals surface area contributed by atoms with Gasteiger partial charge in [0.05, 0.1) is 0 Å². The molecule has 0 N–H and O–H groups in total. The summed E-state index contributed by atoms with van der Waals surface area (Å²) in [5.74, 6) is 0. The van der Waals surface area contributed by atoms with Crippen molar-refractivity contribution in [1.82, 2.24) is 0 Å². The van der Waals surface area contributed by atoms with Gasteiger partial charge < -0.3 is 4.43 Å². The standard InChI is InChI=1S/C16H25OSi/c1-16(2,3)18(4,5)17-15-11-10-13-8-6-7-9-14(13)12-15/h6,8-9,15H,10-12H2,1-5H3. The molecule has 0 fully saturated rings. The molecule has 0 aromatic heterocycles. The monoisotopic (exact) mass is 261 g/mol. The first-order chi connectivity index (χ1) is 8.29. The van der Waals surface area contributed by atoms with E-state index in [1.54, 1.807) is 0 Å². The zero-order valence-corrected chi connectivity index (χ0v) is 13.3. The first-order valence-corrected chi connectivity index (χ1v) is 9.86. The highest BCUT2D eigenvalue weighted by Crippen LogP contribution is 2.38. The molecule has 0 bridgehead atoms. The van der Waals surface area contributed by atoms with Crippen LogP contribution in [0.2, 0.25) is 18.1 Å². The Labute approximate surface area is 113 Å². The topological polar surface area (TPSA) is 9.23 Å². The van der Waals surface area contributed by atoms with Crippen LogP contribution in [-0.2, 0) is 17.3 Å². The Morgan fingerprint density at radius 1 is 1.28 bits per heavy atom. The molecule has 1 aromatic carbocycles. The fourth-order valence-electron chi connectivity index (χ4n) is 2.29. The van der Waals surface area contributed by atoms with E-state index >= 15 is 0 Å². The summed E-state index contributed by atoms with van der Waals surface area (Å²) in [6, 6.07) is 9.55. The minimum absolute atomic E-state index is 0.302. The highest BCUT2D eigenvalue weighted by Gasteiger charge is 2.39. The Hall–Kier alpha value is -0.603. The average Bonchev–Trinajstić information content (AvgIpc) is 2.27. The molecule has 1 aromatic rings. The summed E-state index contributed by atoms with van der Waals surface area (Å²) in [5, 5.41) is 0.302. The van der Waals surface area contributed by atoms with Gasteiger partial charge in [0, 0.05) is 6.10 Å². The molecule has 0 amide bonds. The van der Waals surface area contributed by atoms with E-state index in [2.05, 4.69) is 52.1 Å². The number of rotatable bonds is 2. The van der Waals surface area contributed by atoms with Crippen LogP contribution in [0.25, 0.3) is 0 Å². The second-order valence-electron chi connectivity index (χ2n) is 6.94. The predicted octanol–water partition coefficient (Wildman–Crippen LogP) is 4.37. The number of fused-ring (bicyclic) bond motifs is 1. The summed E-state index contributed by atoms with van der Waals surface area (Å²) in [6.45, 7) is 11.6. The average molecular weight is 261 g/mol. The van der Waals surface area contributed by atoms with Crippen LogP contribution in [0.15, 0.2) is 18.2 Å². The summed E-state index contributed by atoms with van der Waals surface area (Å²) >= 11 is 0. The molecule has 99 valence electrons. The molecule has 0 heterocycles. The SMILES string of the molecule is CC(C)(C)[Si](C)(C)OC1CCc2cc[c]cc2C1. The highest BCUT2D eigenvalue weighted by molar-refractivity contribution is 6.74. The van der Waals surface area contributed by atoms with Gasteiger partial charge in [-0.1, -0.05) is 39.0 Å². The normalized spacial score (nSPS) is 20.6. The van der Waals surface area contributed by atoms with E-state index in [1.165, 1.54) is 17.5 Å². The Morgan fingerprint density at radius 3 is 2.67 bits per heavy atom. The van der Waals surface area contributed by atoms with Crippen molar-refractivity contribution in [2.45, 2.75) is 64.3 Å². The molecule has 0 aliphatic heterocycles. The largest absolute Gasteiger partial charge is 0.414 e. The minimum Gasteiger partial charge on any atom is -0.414 e. The number of hydrogen-bond acceptors (Lipinski definition) is 1. The quantitative estimate of drug-likeness (QED) is 0.719. The molecular weight excluding hydrogens is 236 g/mol. The van der Waals surface area contributed by atoms with E-state index in [9.17, 15) is 0 Å². The molecule has 18 heavy (non-hydrogen) atoms. The Balaban J connectivity index is 2.06. The molecule has 1 aliphatic carbocycles. The van der Waals surface area contributed by atoms with E-state index in [1.807, 2.05) is 6.07 Å². The first kappa shape index (κ1) is 13.8. The predicted molar refractivity (Wildman–Crippen MR) is 79.4 cm³/mol. The molecule has 1 unspecified atom stereocenters. The summed E-state index contributed by atoms with van der Waals surface area (Å²) < 4.78 is 6.53. The minimum atomic E-state index is -1.62. The van der Waals surface area contributed by atoms with Crippen molar-refractivity contribution in [1.29, 1.82) is 0 Å². The van der Waals surface area contributed by atoms with E-state index in [4.69, 9.17) is 4.43 Å². The van der Waals surface area contributed by atoms with Crippen LogP contribution < -0.4 is 0 Å². The van der Waals surface area contributed by atoms with Gasteiger partial charge in [0.1, 0.15) is 0 Å². The number of hydrogen-bond donors (Lipinski definition) is 0. The molecule has 1 atom stereocenters. The van der Waals surface area contributed by atoms with Crippen molar-refractivity contribution in [2.75, 3.05) is 0 Å². The van der Waals surface area contributed by atoms with E-state index in [0.717, 1.165) is 12.8 Å². The van der Waals surface area contributed by atoms with Crippen LogP contribution in [0.5, 0.6) is 0 Å². The Bertz CT molecular complexity index is 417. The maximum Gasteiger partial charge on any atom is 0.192 e. The van der Waals surface area contributed by atoms with Crippen molar-refractivity contribution >= 4 is 8.32 Å². The maximum atomic E-state index is 6.53. The van der Waals surface area contributed by atoms with Crippen LogP contribution in [0.4, 0.5) is 0 Å². The van der Waals surface area contributed by atoms with Crippen LogP contribution in [0.1, 0.15) is 38.3 Å². The lowest BCUT2D eigenvalue weighted by Crippen LogP contribution is -2.45. The van der Waals surface area contributed by atoms with Gasteiger partial charge in [0.15, 0.2) is 8.32 Å². The lowest BCUT2D eigenvalue weighted by molar-refractivity contribution is 0.165. The Morgan fingerprint density at radius 2 is 2.00 bits per heavy atom. The summed E-state index contributed by atoms with van der Waals surface area (Å²) in [7, 11) is -1.62. The summed E-state index contributed by atoms with van der Waals surface area (Å²) in [4.78, 5) is 0. The fraction of sp³-hybridized carbons (Fsp3) is 0.625. The molecule has 2 heteroatoms. The first-order valence-electron chi connectivity index (χ1n) is 6.95. The van der Waals surface area contributed by atoms with E-state index < -0.39 is 8.32 Å². The lowest BCUT2D eigenvalue weighted by atomic mass is 9.90. The van der Waals surface area contributed by atoms with E-state index in [-0.39, 0.29) is 0 Å². The third kappa shape index (κ3) is 2.86. The molecule has 1 nitrogen and oxygen atoms in total. The van der Waals surface area contributed by atoms with Gasteiger partial charge in [0.25, 0.3) is 0 Å². The van der Waals surface area contributed by atoms with Crippen molar-refractivity contribution in [2.24, 2.45) is 0 Å². The number of benzene rings is 1. The zero-order valence-electron chi connectivity index (χ0n) is 12.3. The molecule has 0 spiro atoms. The third-order valence-electron chi connectivity index (χ3n) is 4.50. The Kier molecular flexibility index (Phi) is 3.70. The molecule has 1 radical (unpaired) electrons. The molecule has 1 aliphatic rings. The van der Waals surface area contributed by atoms with Gasteiger partial charge in [-0.15, -0.1) is 0 Å². The second-order valence-corrected chi connectivity index (χ2v) is 11.7. The van der Waals surface area contributed by atoms with Crippen molar-refractivity contribution in [3.63, 3.8) is 0 Å². The lowest BCUT2D eigenvalue weighted by Gasteiger charge is -2.40. The second kappa shape index (κ2) is 4.82. The van der Waals surface area contributed by atoms with Crippen LogP contribution >= 0.6 is 0 Å². The van der Waals surface area contributed by atoms with Gasteiger partial charge in [-0.25, -0.2) is 0 Å². The van der Waals surface area contributed by atoms with Crippen molar-refractivity contribution in [3.05, 3.63) is 35.4 Å². The highest BCUT2D eigenvalue weighted by atomic mass is 28.4. The molecule has 0 saturated heterocycles. The summed E-state index contributed by atoms with van der Waals surface area (Å²) in [5.41, 5.74) is 2.93. The van der Waals surface area contributed by atoms with Gasteiger partial charge in [-0.05, 0) is 54.6 Å². The van der Waals surface area contributed by atoms with Crippen LogP contribution in [-0.4, -0.2) is 14.4 Å². The van der Waals surface area contributed by atoms with Gasteiger partial charge in [-0.2, -0.15) is 0 Å². The molecular formula is C16H25OSi.